The molecule has 0 bridgehead atoms. The van der Waals surface area contributed by atoms with Crippen molar-refractivity contribution in [3.05, 3.63) is 68.6 Å². The minimum absolute atomic E-state index is 0.212. The number of carbonyl (C=O) groups excluding carboxylic acids is 2. The molecule has 0 N–H and O–H groups in total. The van der Waals surface area contributed by atoms with E-state index in [-0.39, 0.29) is 12.8 Å². The summed E-state index contributed by atoms with van der Waals surface area (Å²) in [4.78, 5) is 25.9. The number of benzene rings is 2. The van der Waals surface area contributed by atoms with Gasteiger partial charge in [0.15, 0.2) is 5.41 Å². The zero-order valence-electron chi connectivity index (χ0n) is 14.4. The summed E-state index contributed by atoms with van der Waals surface area (Å²) in [7, 11) is 0. The average Bonchev–Trinajstić information content (AvgIpc) is 2.56. The van der Waals surface area contributed by atoms with E-state index in [1.807, 2.05) is 48.5 Å². The van der Waals surface area contributed by atoms with Crippen molar-refractivity contribution >= 4 is 43.8 Å². The molecule has 6 heteroatoms. The summed E-state index contributed by atoms with van der Waals surface area (Å²) in [6, 6.07) is 15.1. The first-order chi connectivity index (χ1) is 12.2. The molecule has 1 heterocycles. The molecular weight excluding hydrogens is 464 g/mol. The average molecular weight is 482 g/mol. The van der Waals surface area contributed by atoms with Gasteiger partial charge in [-0.3, -0.25) is 9.59 Å². The molecule has 0 aliphatic carbocycles. The van der Waals surface area contributed by atoms with Gasteiger partial charge in [-0.1, -0.05) is 56.1 Å². The van der Waals surface area contributed by atoms with E-state index in [0.717, 1.165) is 20.1 Å². The van der Waals surface area contributed by atoms with Crippen LogP contribution in [0.2, 0.25) is 0 Å². The highest BCUT2D eigenvalue weighted by molar-refractivity contribution is 9.10. The molecule has 0 aromatic heterocycles. The van der Waals surface area contributed by atoms with Crippen LogP contribution in [0.15, 0.2) is 57.5 Å². The SMILES string of the molecule is CC1(C)OC(=O)C(Cc2ccc(Br)cc2)(Cc2ccc(Br)cc2)C(=O)O1. The van der Waals surface area contributed by atoms with Gasteiger partial charge in [0, 0.05) is 22.8 Å². The second-order valence-corrected chi connectivity index (χ2v) is 8.70. The molecule has 0 atom stereocenters. The Morgan fingerprint density at radius 3 is 1.42 bits per heavy atom. The maximum absolute atomic E-state index is 12.9. The van der Waals surface area contributed by atoms with Gasteiger partial charge in [0.1, 0.15) is 0 Å². The maximum Gasteiger partial charge on any atom is 0.327 e. The van der Waals surface area contributed by atoms with Gasteiger partial charge in [0.05, 0.1) is 0 Å². The Balaban J connectivity index is 2.00. The third-order valence-electron chi connectivity index (χ3n) is 4.30. The van der Waals surface area contributed by atoms with Gasteiger partial charge in [-0.2, -0.15) is 0 Å². The number of carbonyl (C=O) groups is 2. The highest BCUT2D eigenvalue weighted by atomic mass is 79.9. The van der Waals surface area contributed by atoms with Crippen LogP contribution in [0.1, 0.15) is 25.0 Å². The van der Waals surface area contributed by atoms with Crippen molar-refractivity contribution in [1.82, 2.24) is 0 Å². The van der Waals surface area contributed by atoms with Gasteiger partial charge in [0.25, 0.3) is 5.79 Å². The van der Waals surface area contributed by atoms with Crippen LogP contribution in [0.5, 0.6) is 0 Å². The minimum Gasteiger partial charge on any atom is -0.422 e. The molecule has 0 unspecified atom stereocenters. The molecule has 0 spiro atoms. The Bertz CT molecular complexity index is 756. The Morgan fingerprint density at radius 2 is 1.08 bits per heavy atom. The van der Waals surface area contributed by atoms with Crippen LogP contribution in [0, 0.1) is 5.41 Å². The van der Waals surface area contributed by atoms with Crippen LogP contribution in [-0.4, -0.2) is 17.7 Å². The van der Waals surface area contributed by atoms with E-state index in [9.17, 15) is 9.59 Å². The lowest BCUT2D eigenvalue weighted by atomic mass is 9.75. The Morgan fingerprint density at radius 1 is 0.731 bits per heavy atom. The summed E-state index contributed by atoms with van der Waals surface area (Å²) in [5.74, 6) is -2.36. The van der Waals surface area contributed by atoms with Gasteiger partial charge >= 0.3 is 11.9 Å². The van der Waals surface area contributed by atoms with Gasteiger partial charge in [-0.25, -0.2) is 0 Å². The van der Waals surface area contributed by atoms with Crippen molar-refractivity contribution < 1.29 is 19.1 Å². The van der Waals surface area contributed by atoms with E-state index in [2.05, 4.69) is 31.9 Å². The fourth-order valence-corrected chi connectivity index (χ4v) is 3.53. The maximum atomic E-state index is 12.9. The van der Waals surface area contributed by atoms with Crippen LogP contribution >= 0.6 is 31.9 Å². The molecule has 1 saturated heterocycles. The van der Waals surface area contributed by atoms with E-state index in [0.29, 0.717) is 0 Å². The normalized spacial score (nSPS) is 18.2. The Labute approximate surface area is 169 Å². The lowest BCUT2D eigenvalue weighted by molar-refractivity contribution is -0.251. The van der Waals surface area contributed by atoms with Crippen LogP contribution < -0.4 is 0 Å². The molecule has 0 amide bonds. The third-order valence-corrected chi connectivity index (χ3v) is 5.35. The van der Waals surface area contributed by atoms with Gasteiger partial charge in [-0.15, -0.1) is 0 Å². The predicted octanol–water partition coefficient (Wildman–Crippen LogP) is 4.82. The summed E-state index contributed by atoms with van der Waals surface area (Å²) in [6.45, 7) is 3.12. The second kappa shape index (κ2) is 7.16. The topological polar surface area (TPSA) is 52.6 Å². The van der Waals surface area contributed by atoms with Crippen molar-refractivity contribution in [1.29, 1.82) is 0 Å². The van der Waals surface area contributed by atoms with Crippen molar-refractivity contribution in [2.75, 3.05) is 0 Å². The Hall–Kier alpha value is -1.66. The second-order valence-electron chi connectivity index (χ2n) is 6.87. The van der Waals surface area contributed by atoms with E-state index in [1.54, 1.807) is 13.8 Å². The first-order valence-electron chi connectivity index (χ1n) is 8.16. The van der Waals surface area contributed by atoms with Crippen LogP contribution in [-0.2, 0) is 31.9 Å². The molecule has 136 valence electrons. The number of hydrogen-bond acceptors (Lipinski definition) is 4. The largest absolute Gasteiger partial charge is 0.422 e. The summed E-state index contributed by atoms with van der Waals surface area (Å²) in [5, 5.41) is 0. The summed E-state index contributed by atoms with van der Waals surface area (Å²) < 4.78 is 12.8. The van der Waals surface area contributed by atoms with Crippen molar-refractivity contribution in [3.8, 4) is 0 Å². The molecule has 3 rings (SSSR count). The highest BCUT2D eigenvalue weighted by Gasteiger charge is 2.56. The number of hydrogen-bond donors (Lipinski definition) is 0. The smallest absolute Gasteiger partial charge is 0.327 e. The van der Waals surface area contributed by atoms with E-state index >= 15 is 0 Å². The number of halogens is 2. The predicted molar refractivity (Wildman–Crippen MR) is 104 cm³/mol. The monoisotopic (exact) mass is 480 g/mol. The third kappa shape index (κ3) is 4.01. The van der Waals surface area contributed by atoms with E-state index in [4.69, 9.17) is 9.47 Å². The molecule has 1 aliphatic rings. The summed E-state index contributed by atoms with van der Waals surface area (Å²) in [5.41, 5.74) is 0.315. The first kappa shape index (κ1) is 19.1. The van der Waals surface area contributed by atoms with E-state index < -0.39 is 23.1 Å². The van der Waals surface area contributed by atoms with Crippen LogP contribution in [0.4, 0.5) is 0 Å². The molecule has 2 aromatic rings. The van der Waals surface area contributed by atoms with Crippen molar-refractivity contribution in [2.24, 2.45) is 5.41 Å². The molecule has 2 aromatic carbocycles. The first-order valence-corrected chi connectivity index (χ1v) is 9.75. The summed E-state index contributed by atoms with van der Waals surface area (Å²) in [6.07, 6.45) is 0.425. The molecule has 26 heavy (non-hydrogen) atoms. The molecule has 1 fully saturated rings. The zero-order chi connectivity index (χ0) is 18.9. The fraction of sp³-hybridized carbons (Fsp3) is 0.300. The van der Waals surface area contributed by atoms with Gasteiger partial charge in [0.2, 0.25) is 0 Å². The highest BCUT2D eigenvalue weighted by Crippen LogP contribution is 2.38. The van der Waals surface area contributed by atoms with Crippen molar-refractivity contribution in [3.63, 3.8) is 0 Å². The standard InChI is InChI=1S/C20H18Br2O4/c1-19(2)25-17(23)20(18(24)26-19,11-13-3-7-15(21)8-4-13)12-14-5-9-16(22)10-6-14/h3-10H,11-12H2,1-2H3. The van der Waals surface area contributed by atoms with Crippen molar-refractivity contribution in [2.45, 2.75) is 32.5 Å². The number of esters is 2. The number of rotatable bonds is 4. The van der Waals surface area contributed by atoms with Gasteiger partial charge < -0.3 is 9.47 Å². The number of ether oxygens (including phenoxy) is 2. The lowest BCUT2D eigenvalue weighted by Gasteiger charge is -2.40. The quantitative estimate of drug-likeness (QED) is 0.464. The molecule has 0 radical (unpaired) electrons. The molecular formula is C20H18Br2O4. The fourth-order valence-electron chi connectivity index (χ4n) is 3.00. The number of cyclic esters (lactones) is 2. The zero-order valence-corrected chi connectivity index (χ0v) is 17.6. The van der Waals surface area contributed by atoms with Crippen LogP contribution in [0.25, 0.3) is 0 Å². The van der Waals surface area contributed by atoms with E-state index in [1.165, 1.54) is 0 Å². The molecule has 4 nitrogen and oxygen atoms in total. The summed E-state index contributed by atoms with van der Waals surface area (Å²) >= 11 is 6.79. The minimum atomic E-state index is -1.41. The van der Waals surface area contributed by atoms with Crippen LogP contribution in [0.3, 0.4) is 0 Å². The molecule has 0 saturated carbocycles. The molecule has 1 aliphatic heterocycles. The van der Waals surface area contributed by atoms with Gasteiger partial charge in [-0.05, 0) is 48.2 Å². The Kier molecular flexibility index (Phi) is 5.26. The lowest BCUT2D eigenvalue weighted by Crippen LogP contribution is -2.56.